The first-order valence-electron chi connectivity index (χ1n) is 4.82. The van der Waals surface area contributed by atoms with E-state index in [2.05, 4.69) is 9.72 Å². The summed E-state index contributed by atoms with van der Waals surface area (Å²) in [4.78, 5) is 13.6. The summed E-state index contributed by atoms with van der Waals surface area (Å²) in [6, 6.07) is 4.27. The first-order valence-corrected chi connectivity index (χ1v) is 5.19. The van der Waals surface area contributed by atoms with Crippen molar-refractivity contribution >= 4 is 28.5 Å². The van der Waals surface area contributed by atoms with Gasteiger partial charge in [0.15, 0.2) is 0 Å². The molecule has 0 amide bonds. The summed E-state index contributed by atoms with van der Waals surface area (Å²) in [7, 11) is 1.02. The van der Waals surface area contributed by atoms with Crippen molar-refractivity contribution in [1.29, 1.82) is 0 Å². The molecule has 3 nitrogen and oxygen atoms in total. The number of halogens is 4. The van der Waals surface area contributed by atoms with E-state index in [4.69, 9.17) is 11.6 Å². The summed E-state index contributed by atoms with van der Waals surface area (Å²) in [5.41, 5.74) is -1.65. The summed E-state index contributed by atoms with van der Waals surface area (Å²) in [5, 5.41) is 0.190. The summed E-state index contributed by atoms with van der Waals surface area (Å²) in [6.07, 6.45) is -4.69. The van der Waals surface area contributed by atoms with E-state index in [0.717, 1.165) is 7.11 Å². The molecule has 0 atom stereocenters. The molecule has 0 unspecified atom stereocenters. The van der Waals surface area contributed by atoms with Crippen molar-refractivity contribution in [3.8, 4) is 0 Å². The van der Waals surface area contributed by atoms with Gasteiger partial charge >= 0.3 is 12.1 Å². The Bertz CT molecular complexity index is 619. The lowest BCUT2D eigenvalue weighted by atomic mass is 10.1. The molecule has 0 saturated carbocycles. The first-order chi connectivity index (χ1) is 8.36. The van der Waals surface area contributed by atoms with Gasteiger partial charge in [-0.3, -0.25) is 0 Å². The van der Waals surface area contributed by atoms with E-state index in [0.29, 0.717) is 0 Å². The Balaban J connectivity index is 2.85. The standard InChI is InChI=1S/C11H7ClF3NO2/c1-18-10(17)7-5-3-2-4-6(12)8(5)16-9(7)11(13,14)15/h2-4,16H,1H3. The number of hydrogen-bond acceptors (Lipinski definition) is 2. The number of para-hydroxylation sites is 1. The molecule has 0 aliphatic carbocycles. The molecule has 96 valence electrons. The Labute approximate surface area is 104 Å². The molecule has 2 rings (SSSR count). The van der Waals surface area contributed by atoms with Crippen LogP contribution in [0.4, 0.5) is 13.2 Å². The number of hydrogen-bond donors (Lipinski definition) is 1. The van der Waals surface area contributed by atoms with E-state index in [1.54, 1.807) is 0 Å². The Morgan fingerprint density at radius 1 is 1.39 bits per heavy atom. The number of methoxy groups -OCH3 is 1. The van der Waals surface area contributed by atoms with Gasteiger partial charge in [0, 0.05) is 5.39 Å². The van der Waals surface area contributed by atoms with Crippen LogP contribution in [0, 0.1) is 0 Å². The lowest BCUT2D eigenvalue weighted by Crippen LogP contribution is -2.13. The number of benzene rings is 1. The van der Waals surface area contributed by atoms with Gasteiger partial charge in [0.2, 0.25) is 0 Å². The number of esters is 1. The largest absolute Gasteiger partial charge is 0.465 e. The summed E-state index contributed by atoms with van der Waals surface area (Å²) in [6.45, 7) is 0. The second-order valence-corrected chi connectivity index (χ2v) is 3.93. The fraction of sp³-hybridized carbons (Fsp3) is 0.182. The SMILES string of the molecule is COC(=O)c1c(C(F)(F)F)[nH]c2c(Cl)cccc12. The van der Waals surface area contributed by atoms with E-state index in [9.17, 15) is 18.0 Å². The third-order valence-corrected chi connectivity index (χ3v) is 2.77. The highest BCUT2D eigenvalue weighted by molar-refractivity contribution is 6.35. The van der Waals surface area contributed by atoms with E-state index in [1.165, 1.54) is 18.2 Å². The second-order valence-electron chi connectivity index (χ2n) is 3.53. The fourth-order valence-electron chi connectivity index (χ4n) is 1.71. The topological polar surface area (TPSA) is 42.1 Å². The highest BCUT2D eigenvalue weighted by Crippen LogP contribution is 2.37. The van der Waals surface area contributed by atoms with Crippen LogP contribution in [0.5, 0.6) is 0 Å². The van der Waals surface area contributed by atoms with E-state index < -0.39 is 23.4 Å². The van der Waals surface area contributed by atoms with Crippen molar-refractivity contribution in [2.75, 3.05) is 7.11 Å². The molecular formula is C11H7ClF3NO2. The molecule has 1 heterocycles. The molecule has 1 aromatic heterocycles. The Morgan fingerprint density at radius 3 is 2.61 bits per heavy atom. The third-order valence-electron chi connectivity index (χ3n) is 2.46. The van der Waals surface area contributed by atoms with Crippen molar-refractivity contribution in [3.05, 3.63) is 34.5 Å². The van der Waals surface area contributed by atoms with Crippen LogP contribution in [0.15, 0.2) is 18.2 Å². The normalized spacial score (nSPS) is 11.8. The zero-order chi connectivity index (χ0) is 13.5. The number of H-pyrrole nitrogens is 1. The van der Waals surface area contributed by atoms with Crippen LogP contribution in [0.3, 0.4) is 0 Å². The molecule has 7 heteroatoms. The number of ether oxygens (including phenoxy) is 1. The Hall–Kier alpha value is -1.69. The minimum atomic E-state index is -4.69. The van der Waals surface area contributed by atoms with Crippen molar-refractivity contribution in [2.24, 2.45) is 0 Å². The fourth-order valence-corrected chi connectivity index (χ4v) is 1.93. The molecular weight excluding hydrogens is 271 g/mol. The average molecular weight is 278 g/mol. The summed E-state index contributed by atoms with van der Waals surface area (Å²) in [5.74, 6) is -1.06. The van der Waals surface area contributed by atoms with E-state index in [1.807, 2.05) is 0 Å². The van der Waals surface area contributed by atoms with Gasteiger partial charge in [-0.2, -0.15) is 13.2 Å². The number of aromatic nitrogens is 1. The van der Waals surface area contributed by atoms with Gasteiger partial charge in [-0.1, -0.05) is 23.7 Å². The number of aromatic amines is 1. The van der Waals surface area contributed by atoms with Crippen LogP contribution in [-0.2, 0) is 10.9 Å². The molecule has 0 fully saturated rings. The molecule has 2 aromatic rings. The van der Waals surface area contributed by atoms with Crippen molar-refractivity contribution in [1.82, 2.24) is 4.98 Å². The average Bonchev–Trinajstić information content (AvgIpc) is 2.68. The van der Waals surface area contributed by atoms with Gasteiger partial charge in [0.05, 0.1) is 23.2 Å². The summed E-state index contributed by atoms with van der Waals surface area (Å²) >= 11 is 5.79. The molecule has 18 heavy (non-hydrogen) atoms. The van der Waals surface area contributed by atoms with Gasteiger partial charge in [0.25, 0.3) is 0 Å². The van der Waals surface area contributed by atoms with Gasteiger partial charge in [-0.05, 0) is 6.07 Å². The first kappa shape index (κ1) is 12.8. The van der Waals surface area contributed by atoms with Gasteiger partial charge in [-0.25, -0.2) is 4.79 Å². The second kappa shape index (κ2) is 4.20. The monoisotopic (exact) mass is 277 g/mol. The van der Waals surface area contributed by atoms with E-state index >= 15 is 0 Å². The predicted octanol–water partition coefficient (Wildman–Crippen LogP) is 3.63. The minimum Gasteiger partial charge on any atom is -0.465 e. The van der Waals surface area contributed by atoms with Crippen LogP contribution >= 0.6 is 11.6 Å². The number of rotatable bonds is 1. The van der Waals surface area contributed by atoms with Crippen LogP contribution in [0.1, 0.15) is 16.1 Å². The maximum absolute atomic E-state index is 12.8. The zero-order valence-corrected chi connectivity index (χ0v) is 9.82. The summed E-state index contributed by atoms with van der Waals surface area (Å²) < 4.78 is 42.9. The quantitative estimate of drug-likeness (QED) is 0.809. The maximum atomic E-state index is 12.8. The zero-order valence-electron chi connectivity index (χ0n) is 9.06. The molecule has 0 aliphatic heterocycles. The molecule has 1 aromatic carbocycles. The minimum absolute atomic E-state index is 0.0619. The third kappa shape index (κ3) is 1.92. The highest BCUT2D eigenvalue weighted by atomic mass is 35.5. The number of carbonyl (C=O) groups is 1. The number of nitrogens with one attached hydrogen (secondary N) is 1. The Morgan fingerprint density at radius 2 is 2.06 bits per heavy atom. The van der Waals surface area contributed by atoms with E-state index in [-0.39, 0.29) is 15.9 Å². The maximum Gasteiger partial charge on any atom is 0.432 e. The molecule has 0 bridgehead atoms. The van der Waals surface area contributed by atoms with Gasteiger partial charge in [0.1, 0.15) is 5.69 Å². The van der Waals surface area contributed by atoms with Crippen LogP contribution in [0.2, 0.25) is 5.02 Å². The highest BCUT2D eigenvalue weighted by Gasteiger charge is 2.39. The molecule has 0 radical (unpaired) electrons. The lowest BCUT2D eigenvalue weighted by Gasteiger charge is -2.06. The van der Waals surface area contributed by atoms with Crippen molar-refractivity contribution in [3.63, 3.8) is 0 Å². The van der Waals surface area contributed by atoms with Crippen LogP contribution in [0.25, 0.3) is 10.9 Å². The van der Waals surface area contributed by atoms with Crippen molar-refractivity contribution in [2.45, 2.75) is 6.18 Å². The number of alkyl halides is 3. The van der Waals surface area contributed by atoms with Crippen LogP contribution in [-0.4, -0.2) is 18.1 Å². The molecule has 0 saturated heterocycles. The molecule has 0 aliphatic rings. The van der Waals surface area contributed by atoms with Crippen molar-refractivity contribution < 1.29 is 22.7 Å². The smallest absolute Gasteiger partial charge is 0.432 e. The van der Waals surface area contributed by atoms with Gasteiger partial charge < -0.3 is 9.72 Å². The molecule has 1 N–H and O–H groups in total. The number of carbonyl (C=O) groups excluding carboxylic acids is 1. The molecule has 0 spiro atoms. The Kier molecular flexibility index (Phi) is 2.98. The number of fused-ring (bicyclic) bond motifs is 1. The van der Waals surface area contributed by atoms with Gasteiger partial charge in [-0.15, -0.1) is 0 Å². The lowest BCUT2D eigenvalue weighted by molar-refractivity contribution is -0.141. The predicted molar refractivity (Wildman–Crippen MR) is 59.7 cm³/mol. The van der Waals surface area contributed by atoms with Crippen LogP contribution < -0.4 is 0 Å².